The van der Waals surface area contributed by atoms with Gasteiger partial charge in [-0.05, 0) is 6.42 Å². The van der Waals surface area contributed by atoms with Crippen LogP contribution in [0.1, 0.15) is 17.1 Å². The Morgan fingerprint density at radius 3 is 3.14 bits per heavy atom. The van der Waals surface area contributed by atoms with Crippen molar-refractivity contribution in [3.63, 3.8) is 0 Å². The lowest BCUT2D eigenvalue weighted by Crippen LogP contribution is -2.01. The van der Waals surface area contributed by atoms with Crippen LogP contribution in [0.3, 0.4) is 0 Å². The molecule has 0 aliphatic carbocycles. The summed E-state index contributed by atoms with van der Waals surface area (Å²) in [4.78, 5) is 10.9. The van der Waals surface area contributed by atoms with Gasteiger partial charge in [-0.3, -0.25) is 0 Å². The molecule has 1 rings (SSSR count). The quantitative estimate of drug-likeness (QED) is 0.428. The zero-order valence-corrected chi connectivity index (χ0v) is 7.82. The number of carbonyl (C=O) groups excluding carboxylic acids is 1. The SMILES string of the molecule is C=CCCNc1nnc(C(=O)OC)o1. The number of carbonyl (C=O) groups is 1. The van der Waals surface area contributed by atoms with Gasteiger partial charge in [-0.2, -0.15) is 0 Å². The number of ether oxygens (including phenoxy) is 1. The highest BCUT2D eigenvalue weighted by atomic mass is 16.5. The van der Waals surface area contributed by atoms with Crippen LogP contribution in [0.4, 0.5) is 6.01 Å². The van der Waals surface area contributed by atoms with Gasteiger partial charge in [-0.15, -0.1) is 6.58 Å². The Bertz CT molecular complexity index is 321. The standard InChI is InChI=1S/C8H11N3O3/c1-3-4-5-9-8-11-10-6(14-8)7(12)13-2/h3H,1,4-5H2,2H3,(H,9,11). The molecule has 6 nitrogen and oxygen atoms in total. The fraction of sp³-hybridized carbons (Fsp3) is 0.375. The minimum Gasteiger partial charge on any atom is -0.462 e. The lowest BCUT2D eigenvalue weighted by atomic mass is 10.4. The molecule has 6 heteroatoms. The van der Waals surface area contributed by atoms with Crippen molar-refractivity contribution < 1.29 is 13.9 Å². The van der Waals surface area contributed by atoms with Crippen LogP contribution < -0.4 is 5.32 Å². The number of methoxy groups -OCH3 is 1. The van der Waals surface area contributed by atoms with E-state index in [9.17, 15) is 4.79 Å². The lowest BCUT2D eigenvalue weighted by Gasteiger charge is -1.95. The molecule has 0 aliphatic rings. The van der Waals surface area contributed by atoms with Crippen LogP contribution in [0.15, 0.2) is 17.1 Å². The minimum atomic E-state index is -0.644. The second-order valence-corrected chi connectivity index (χ2v) is 2.41. The highest BCUT2D eigenvalue weighted by Crippen LogP contribution is 2.05. The van der Waals surface area contributed by atoms with E-state index in [0.717, 1.165) is 6.42 Å². The Labute approximate surface area is 81.0 Å². The molecule has 0 saturated heterocycles. The van der Waals surface area contributed by atoms with E-state index >= 15 is 0 Å². The van der Waals surface area contributed by atoms with Gasteiger partial charge in [0.15, 0.2) is 0 Å². The van der Waals surface area contributed by atoms with E-state index in [2.05, 4.69) is 26.8 Å². The maximum Gasteiger partial charge on any atom is 0.396 e. The van der Waals surface area contributed by atoms with Gasteiger partial charge in [0.25, 0.3) is 0 Å². The summed E-state index contributed by atoms with van der Waals surface area (Å²) in [6, 6.07) is 0.201. The molecule has 1 N–H and O–H groups in total. The summed E-state index contributed by atoms with van der Waals surface area (Å²) in [6.07, 6.45) is 2.53. The van der Waals surface area contributed by atoms with Crippen molar-refractivity contribution in [2.24, 2.45) is 0 Å². The topological polar surface area (TPSA) is 77.2 Å². The fourth-order valence-electron chi connectivity index (χ4n) is 0.746. The van der Waals surface area contributed by atoms with E-state index in [-0.39, 0.29) is 11.9 Å². The average molecular weight is 197 g/mol. The van der Waals surface area contributed by atoms with E-state index < -0.39 is 5.97 Å². The zero-order chi connectivity index (χ0) is 10.4. The number of nitrogens with zero attached hydrogens (tertiary/aromatic N) is 2. The largest absolute Gasteiger partial charge is 0.462 e. The maximum absolute atomic E-state index is 10.9. The molecule has 0 fully saturated rings. The summed E-state index contributed by atoms with van der Waals surface area (Å²) in [5.74, 6) is -0.803. The predicted molar refractivity (Wildman–Crippen MR) is 48.9 cm³/mol. The number of anilines is 1. The number of rotatable bonds is 5. The van der Waals surface area contributed by atoms with Gasteiger partial charge in [-0.1, -0.05) is 16.3 Å². The molecule has 0 unspecified atom stereocenters. The van der Waals surface area contributed by atoms with Crippen molar-refractivity contribution in [1.29, 1.82) is 0 Å². The van der Waals surface area contributed by atoms with Crippen LogP contribution in [0, 0.1) is 0 Å². The number of nitrogens with one attached hydrogen (secondary N) is 1. The van der Waals surface area contributed by atoms with Gasteiger partial charge >= 0.3 is 17.9 Å². The zero-order valence-electron chi connectivity index (χ0n) is 7.82. The van der Waals surface area contributed by atoms with Crippen molar-refractivity contribution in [1.82, 2.24) is 10.2 Å². The van der Waals surface area contributed by atoms with Crippen LogP contribution in [0.25, 0.3) is 0 Å². The molecule has 0 radical (unpaired) electrons. The Balaban J connectivity index is 2.50. The minimum absolute atomic E-state index is 0.159. The van der Waals surface area contributed by atoms with Crippen LogP contribution in [-0.2, 0) is 4.74 Å². The molecule has 0 bridgehead atoms. The van der Waals surface area contributed by atoms with Gasteiger partial charge in [0, 0.05) is 6.54 Å². The Morgan fingerprint density at radius 1 is 1.71 bits per heavy atom. The molecule has 14 heavy (non-hydrogen) atoms. The van der Waals surface area contributed by atoms with E-state index in [4.69, 9.17) is 4.42 Å². The number of esters is 1. The summed E-state index contributed by atoms with van der Waals surface area (Å²) in [6.45, 7) is 4.19. The summed E-state index contributed by atoms with van der Waals surface area (Å²) < 4.78 is 9.34. The maximum atomic E-state index is 10.9. The summed E-state index contributed by atoms with van der Waals surface area (Å²) in [5, 5.41) is 9.91. The van der Waals surface area contributed by atoms with Gasteiger partial charge < -0.3 is 14.5 Å². The van der Waals surface area contributed by atoms with Crippen LogP contribution >= 0.6 is 0 Å². The van der Waals surface area contributed by atoms with Crippen molar-refractivity contribution in [2.75, 3.05) is 19.0 Å². The Hall–Kier alpha value is -1.85. The summed E-state index contributed by atoms with van der Waals surface area (Å²) in [5.41, 5.74) is 0. The van der Waals surface area contributed by atoms with E-state index in [1.807, 2.05) is 0 Å². The highest BCUT2D eigenvalue weighted by Gasteiger charge is 2.14. The third-order valence-electron chi connectivity index (χ3n) is 1.41. The van der Waals surface area contributed by atoms with E-state index in [1.54, 1.807) is 6.08 Å². The second kappa shape index (κ2) is 5.00. The Morgan fingerprint density at radius 2 is 2.50 bits per heavy atom. The van der Waals surface area contributed by atoms with Crippen LogP contribution in [0.5, 0.6) is 0 Å². The predicted octanol–water partition coefficient (Wildman–Crippen LogP) is 0.844. The van der Waals surface area contributed by atoms with Crippen LogP contribution in [-0.4, -0.2) is 29.8 Å². The first kappa shape index (κ1) is 10.2. The highest BCUT2D eigenvalue weighted by molar-refractivity contribution is 5.83. The van der Waals surface area contributed by atoms with Crippen molar-refractivity contribution >= 4 is 12.0 Å². The number of hydrogen-bond acceptors (Lipinski definition) is 6. The van der Waals surface area contributed by atoms with Gasteiger partial charge in [0.05, 0.1) is 7.11 Å². The van der Waals surface area contributed by atoms with Crippen LogP contribution in [0.2, 0.25) is 0 Å². The molecule has 0 spiro atoms. The summed E-state index contributed by atoms with van der Waals surface area (Å²) >= 11 is 0. The van der Waals surface area contributed by atoms with Gasteiger partial charge in [-0.25, -0.2) is 4.79 Å². The molecule has 0 aliphatic heterocycles. The normalized spacial score (nSPS) is 9.50. The molecule has 0 saturated carbocycles. The molecule has 1 aromatic rings. The lowest BCUT2D eigenvalue weighted by molar-refractivity contribution is 0.0557. The van der Waals surface area contributed by atoms with E-state index in [0.29, 0.717) is 6.54 Å². The molecule has 1 aromatic heterocycles. The van der Waals surface area contributed by atoms with E-state index in [1.165, 1.54) is 7.11 Å². The average Bonchev–Trinajstić information content (AvgIpc) is 2.66. The monoisotopic (exact) mass is 197 g/mol. The molecule has 0 atom stereocenters. The summed E-state index contributed by atoms with van der Waals surface area (Å²) in [7, 11) is 1.25. The third kappa shape index (κ3) is 2.58. The number of hydrogen-bond donors (Lipinski definition) is 1. The smallest absolute Gasteiger partial charge is 0.396 e. The molecular weight excluding hydrogens is 186 g/mol. The molecular formula is C8H11N3O3. The molecule has 1 heterocycles. The van der Waals surface area contributed by atoms with Crippen molar-refractivity contribution in [2.45, 2.75) is 6.42 Å². The molecule has 0 amide bonds. The number of aromatic nitrogens is 2. The first-order chi connectivity index (χ1) is 6.77. The first-order valence-corrected chi connectivity index (χ1v) is 4.04. The van der Waals surface area contributed by atoms with Crippen molar-refractivity contribution in [3.8, 4) is 0 Å². The second-order valence-electron chi connectivity index (χ2n) is 2.41. The third-order valence-corrected chi connectivity index (χ3v) is 1.41. The van der Waals surface area contributed by atoms with Crippen molar-refractivity contribution in [3.05, 3.63) is 18.5 Å². The van der Waals surface area contributed by atoms with Gasteiger partial charge in [0.1, 0.15) is 0 Å². The molecule has 76 valence electrons. The first-order valence-electron chi connectivity index (χ1n) is 4.04. The Kier molecular flexibility index (Phi) is 3.66. The fourth-order valence-corrected chi connectivity index (χ4v) is 0.746. The molecule has 0 aromatic carbocycles. The van der Waals surface area contributed by atoms with Gasteiger partial charge in [0.2, 0.25) is 0 Å².